The monoisotopic (exact) mass is 325 g/mol. The molecular weight excluding hydrogens is 306 g/mol. The largest absolute Gasteiger partial charge is 0.481 e. The van der Waals surface area contributed by atoms with Crippen LogP contribution in [0.5, 0.6) is 0 Å². The van der Waals surface area contributed by atoms with Crippen LogP contribution in [-0.2, 0) is 14.6 Å². The molecule has 1 heterocycles. The summed E-state index contributed by atoms with van der Waals surface area (Å²) in [4.78, 5) is 25.0. The molecule has 0 saturated carbocycles. The molecule has 1 saturated heterocycles. The van der Waals surface area contributed by atoms with Crippen molar-refractivity contribution in [2.75, 3.05) is 13.1 Å². The molecule has 1 aromatic carbocycles. The van der Waals surface area contributed by atoms with Gasteiger partial charge in [-0.2, -0.15) is 0 Å². The predicted octanol–water partition coefficient (Wildman–Crippen LogP) is 1.42. The lowest BCUT2D eigenvalue weighted by atomic mass is 10.1. The van der Waals surface area contributed by atoms with E-state index in [1.165, 1.54) is 17.0 Å². The van der Waals surface area contributed by atoms with E-state index in [4.69, 9.17) is 5.11 Å². The second kappa shape index (κ2) is 6.08. The summed E-state index contributed by atoms with van der Waals surface area (Å²) >= 11 is 0. The topological polar surface area (TPSA) is 91.8 Å². The van der Waals surface area contributed by atoms with Crippen molar-refractivity contribution in [1.29, 1.82) is 0 Å². The zero-order chi connectivity index (χ0) is 16.5. The van der Waals surface area contributed by atoms with Gasteiger partial charge in [-0.25, -0.2) is 8.42 Å². The Hall–Kier alpha value is -1.89. The normalized spacial score (nSPS) is 18.7. The number of carbonyl (C=O) groups excluding carboxylic acids is 1. The summed E-state index contributed by atoms with van der Waals surface area (Å²) in [7, 11) is -3.58. The summed E-state index contributed by atoms with van der Waals surface area (Å²) in [6.45, 7) is 3.57. The molecule has 2 rings (SSSR count). The van der Waals surface area contributed by atoms with Crippen molar-refractivity contribution in [1.82, 2.24) is 4.90 Å². The van der Waals surface area contributed by atoms with Gasteiger partial charge in [0.1, 0.15) is 0 Å². The minimum Gasteiger partial charge on any atom is -0.481 e. The zero-order valence-corrected chi connectivity index (χ0v) is 13.3. The van der Waals surface area contributed by atoms with Gasteiger partial charge < -0.3 is 10.0 Å². The lowest BCUT2D eigenvalue weighted by Gasteiger charge is -2.19. The van der Waals surface area contributed by atoms with E-state index in [1.54, 1.807) is 26.0 Å². The Bertz CT molecular complexity index is 696. The molecule has 1 aliphatic heterocycles. The van der Waals surface area contributed by atoms with Gasteiger partial charge in [0.2, 0.25) is 0 Å². The third kappa shape index (κ3) is 2.99. The smallest absolute Gasteiger partial charge is 0.308 e. The molecule has 0 spiro atoms. The van der Waals surface area contributed by atoms with Gasteiger partial charge in [0.25, 0.3) is 5.91 Å². The van der Waals surface area contributed by atoms with Crippen molar-refractivity contribution in [3.63, 3.8) is 0 Å². The Labute approximate surface area is 129 Å². The van der Waals surface area contributed by atoms with Gasteiger partial charge in [0, 0.05) is 13.1 Å². The number of hydrogen-bond acceptors (Lipinski definition) is 4. The molecule has 120 valence electrons. The number of amides is 1. The maximum Gasteiger partial charge on any atom is 0.308 e. The highest BCUT2D eigenvalue weighted by Crippen LogP contribution is 2.25. The van der Waals surface area contributed by atoms with Crippen LogP contribution in [0.4, 0.5) is 0 Å². The molecule has 22 heavy (non-hydrogen) atoms. The van der Waals surface area contributed by atoms with Gasteiger partial charge in [0.15, 0.2) is 9.84 Å². The third-order valence-electron chi connectivity index (χ3n) is 3.87. The molecule has 1 N–H and O–H groups in total. The average Bonchev–Trinajstić information content (AvgIpc) is 2.96. The van der Waals surface area contributed by atoms with Gasteiger partial charge >= 0.3 is 5.97 Å². The number of carbonyl (C=O) groups is 2. The highest BCUT2D eigenvalue weighted by atomic mass is 32.2. The summed E-state index contributed by atoms with van der Waals surface area (Å²) in [6.07, 6.45) is 0.389. The van der Waals surface area contributed by atoms with Crippen molar-refractivity contribution in [3.05, 3.63) is 29.8 Å². The molecule has 1 amide bonds. The summed E-state index contributed by atoms with van der Waals surface area (Å²) in [5.74, 6) is -1.94. The fourth-order valence-corrected chi connectivity index (χ4v) is 3.70. The maximum absolute atomic E-state index is 12.6. The number of nitrogens with zero attached hydrogens (tertiary/aromatic N) is 1. The van der Waals surface area contributed by atoms with Gasteiger partial charge in [-0.1, -0.05) is 12.1 Å². The third-order valence-corrected chi connectivity index (χ3v) is 6.08. The molecule has 0 aromatic heterocycles. The molecule has 0 unspecified atom stereocenters. The zero-order valence-electron chi connectivity index (χ0n) is 12.5. The Morgan fingerprint density at radius 3 is 2.45 bits per heavy atom. The summed E-state index contributed by atoms with van der Waals surface area (Å²) in [5.41, 5.74) is 0.113. The number of likely N-dealkylation sites (tertiary alicyclic amines) is 1. The van der Waals surface area contributed by atoms with E-state index in [1.807, 2.05) is 0 Å². The summed E-state index contributed by atoms with van der Waals surface area (Å²) in [5, 5.41) is 8.37. The van der Waals surface area contributed by atoms with E-state index in [0.717, 1.165) is 0 Å². The number of carboxylic acid groups (broad SMARTS) is 1. The quantitative estimate of drug-likeness (QED) is 0.904. The molecule has 1 atom stereocenters. The van der Waals surface area contributed by atoms with E-state index in [-0.39, 0.29) is 17.0 Å². The summed E-state index contributed by atoms with van der Waals surface area (Å²) in [6, 6.07) is 6.09. The van der Waals surface area contributed by atoms with Crippen LogP contribution in [0.15, 0.2) is 29.2 Å². The highest BCUT2D eigenvalue weighted by Gasteiger charge is 2.33. The first-order chi connectivity index (χ1) is 10.2. The van der Waals surface area contributed by atoms with E-state index in [0.29, 0.717) is 13.0 Å². The minimum absolute atomic E-state index is 0.00813. The number of rotatable bonds is 4. The highest BCUT2D eigenvalue weighted by molar-refractivity contribution is 7.92. The Balaban J connectivity index is 2.35. The van der Waals surface area contributed by atoms with Crippen molar-refractivity contribution in [2.45, 2.75) is 30.4 Å². The lowest BCUT2D eigenvalue weighted by Crippen LogP contribution is -2.31. The van der Waals surface area contributed by atoms with Crippen LogP contribution in [0, 0.1) is 5.92 Å². The average molecular weight is 325 g/mol. The standard InChI is InChI=1S/C15H19NO5S/c1-10(2)22(20,21)13-6-4-3-5-12(13)14(17)16-8-7-11(9-16)15(18)19/h3-6,10-11H,7-9H2,1-2H3,(H,18,19)/t11-/m0/s1. The second-order valence-electron chi connectivity index (χ2n) is 5.66. The van der Waals surface area contributed by atoms with Crippen LogP contribution >= 0.6 is 0 Å². The fraction of sp³-hybridized carbons (Fsp3) is 0.467. The van der Waals surface area contributed by atoms with Gasteiger partial charge in [0.05, 0.1) is 21.6 Å². The van der Waals surface area contributed by atoms with Crippen LogP contribution in [0.3, 0.4) is 0 Å². The first kappa shape index (κ1) is 16.5. The Morgan fingerprint density at radius 1 is 1.27 bits per heavy atom. The molecule has 1 fully saturated rings. The van der Waals surface area contributed by atoms with Crippen LogP contribution in [0.2, 0.25) is 0 Å². The van der Waals surface area contributed by atoms with Crippen molar-refractivity contribution < 1.29 is 23.1 Å². The number of benzene rings is 1. The summed E-state index contributed by atoms with van der Waals surface area (Å²) < 4.78 is 24.8. The molecule has 7 heteroatoms. The molecular formula is C15H19NO5S. The first-order valence-electron chi connectivity index (χ1n) is 7.10. The fourth-order valence-electron chi connectivity index (χ4n) is 2.46. The number of sulfone groups is 1. The van der Waals surface area contributed by atoms with Crippen LogP contribution in [0.1, 0.15) is 30.6 Å². The molecule has 0 aliphatic carbocycles. The number of aliphatic carboxylic acids is 1. The van der Waals surface area contributed by atoms with Crippen LogP contribution < -0.4 is 0 Å². The molecule has 0 radical (unpaired) electrons. The Kier molecular flexibility index (Phi) is 4.55. The molecule has 1 aromatic rings. The number of hydrogen-bond donors (Lipinski definition) is 1. The van der Waals surface area contributed by atoms with E-state index in [9.17, 15) is 18.0 Å². The van der Waals surface area contributed by atoms with Gasteiger partial charge in [-0.3, -0.25) is 9.59 Å². The minimum atomic E-state index is -3.58. The molecule has 6 nitrogen and oxygen atoms in total. The second-order valence-corrected chi connectivity index (χ2v) is 8.14. The van der Waals surface area contributed by atoms with Crippen molar-refractivity contribution in [3.8, 4) is 0 Å². The van der Waals surface area contributed by atoms with Crippen molar-refractivity contribution >= 4 is 21.7 Å². The van der Waals surface area contributed by atoms with Crippen molar-refractivity contribution in [2.24, 2.45) is 5.92 Å². The lowest BCUT2D eigenvalue weighted by molar-refractivity contribution is -0.141. The maximum atomic E-state index is 12.6. The molecule has 1 aliphatic rings. The van der Waals surface area contributed by atoms with E-state index >= 15 is 0 Å². The Morgan fingerprint density at radius 2 is 1.91 bits per heavy atom. The van der Waals surface area contributed by atoms with Crippen LogP contribution in [0.25, 0.3) is 0 Å². The number of carboxylic acids is 1. The van der Waals surface area contributed by atoms with E-state index in [2.05, 4.69) is 0 Å². The van der Waals surface area contributed by atoms with Crippen LogP contribution in [-0.4, -0.2) is 48.6 Å². The van der Waals surface area contributed by atoms with Gasteiger partial charge in [-0.05, 0) is 32.4 Å². The first-order valence-corrected chi connectivity index (χ1v) is 8.64. The SMILES string of the molecule is CC(C)S(=O)(=O)c1ccccc1C(=O)N1CC[C@H](C(=O)O)C1. The van der Waals surface area contributed by atoms with Gasteiger partial charge in [-0.15, -0.1) is 0 Å². The molecule has 0 bridgehead atoms. The predicted molar refractivity (Wildman–Crippen MR) is 80.4 cm³/mol. The van der Waals surface area contributed by atoms with E-state index < -0.39 is 32.9 Å².